The number of hydrogen-bond donors (Lipinski definition) is 0. The van der Waals surface area contributed by atoms with E-state index in [9.17, 15) is 0 Å². The average Bonchev–Trinajstić information content (AvgIpc) is 1.82. The Morgan fingerprint density at radius 1 is 1.10 bits per heavy atom. The molecule has 1 aliphatic rings. The molecular formula is C7H12S3. The highest BCUT2D eigenvalue weighted by Crippen LogP contribution is 2.39. The van der Waals surface area contributed by atoms with Crippen molar-refractivity contribution in [3.05, 3.63) is 0 Å². The molecule has 2 atom stereocenters. The number of rotatable bonds is 0. The van der Waals surface area contributed by atoms with Gasteiger partial charge in [-0.1, -0.05) is 33.0 Å². The van der Waals surface area contributed by atoms with Crippen molar-refractivity contribution >= 4 is 39.3 Å². The predicted octanol–water partition coefficient (Wildman–Crippen LogP) is 3.16. The Morgan fingerprint density at radius 2 is 1.50 bits per heavy atom. The summed E-state index contributed by atoms with van der Waals surface area (Å²) in [5, 5.41) is 1.42. The highest BCUT2D eigenvalue weighted by atomic mass is 32.2. The fourth-order valence-electron chi connectivity index (χ4n) is 0.928. The highest BCUT2D eigenvalue weighted by molar-refractivity contribution is 8.47. The quantitative estimate of drug-likeness (QED) is 0.541. The first kappa shape index (κ1) is 8.88. The zero-order chi connectivity index (χ0) is 7.72. The van der Waals surface area contributed by atoms with Gasteiger partial charge in [-0.2, -0.15) is 0 Å². The zero-order valence-electron chi connectivity index (χ0n) is 6.46. The molecule has 2 unspecified atom stereocenters. The standard InChI is InChI=1S/C7H12S3/c1-4-5(2)9-7(8)10-6(4)3/h4-6H,1-3H3. The molecule has 0 aliphatic carbocycles. The monoisotopic (exact) mass is 192 g/mol. The van der Waals surface area contributed by atoms with E-state index in [2.05, 4.69) is 20.8 Å². The summed E-state index contributed by atoms with van der Waals surface area (Å²) in [7, 11) is 0. The van der Waals surface area contributed by atoms with Crippen molar-refractivity contribution in [2.75, 3.05) is 0 Å². The van der Waals surface area contributed by atoms with Crippen molar-refractivity contribution in [1.29, 1.82) is 0 Å². The maximum Gasteiger partial charge on any atom is 0.104 e. The van der Waals surface area contributed by atoms with Crippen LogP contribution in [-0.2, 0) is 0 Å². The lowest BCUT2D eigenvalue weighted by Gasteiger charge is -2.30. The largest absolute Gasteiger partial charge is 0.104 e. The SMILES string of the molecule is CC1SC(=S)SC(C)C1C. The fraction of sp³-hybridized carbons (Fsp3) is 0.857. The molecule has 1 fully saturated rings. The van der Waals surface area contributed by atoms with Gasteiger partial charge in [-0.25, -0.2) is 0 Å². The van der Waals surface area contributed by atoms with E-state index in [1.165, 1.54) is 0 Å². The van der Waals surface area contributed by atoms with Crippen LogP contribution in [0.1, 0.15) is 20.8 Å². The molecule has 0 saturated carbocycles. The van der Waals surface area contributed by atoms with Gasteiger partial charge in [0.15, 0.2) is 0 Å². The summed E-state index contributed by atoms with van der Waals surface area (Å²) in [4.78, 5) is 0. The average molecular weight is 192 g/mol. The number of thiocarbonyl (C=S) groups is 1. The molecule has 0 bridgehead atoms. The molecule has 0 radical (unpaired) electrons. The predicted molar refractivity (Wildman–Crippen MR) is 55.9 cm³/mol. The third kappa shape index (κ3) is 1.89. The summed E-state index contributed by atoms with van der Waals surface area (Å²) in [6, 6.07) is 0. The molecule has 0 N–H and O–H groups in total. The lowest BCUT2D eigenvalue weighted by atomic mass is 10.1. The van der Waals surface area contributed by atoms with Crippen LogP contribution < -0.4 is 0 Å². The fourth-order valence-corrected chi connectivity index (χ4v) is 4.58. The summed E-state index contributed by atoms with van der Waals surface area (Å²) in [6.45, 7) is 6.83. The molecule has 58 valence electrons. The van der Waals surface area contributed by atoms with Crippen molar-refractivity contribution in [1.82, 2.24) is 0 Å². The minimum Gasteiger partial charge on any atom is -0.104 e. The van der Waals surface area contributed by atoms with Crippen molar-refractivity contribution in [2.24, 2.45) is 5.92 Å². The molecule has 1 rings (SSSR count). The van der Waals surface area contributed by atoms with E-state index in [4.69, 9.17) is 12.2 Å². The summed E-state index contributed by atoms with van der Waals surface area (Å²) in [5.41, 5.74) is 0. The Morgan fingerprint density at radius 3 is 1.90 bits per heavy atom. The van der Waals surface area contributed by atoms with E-state index in [0.717, 1.165) is 9.45 Å². The molecule has 1 heterocycles. The first-order chi connectivity index (χ1) is 4.61. The zero-order valence-corrected chi connectivity index (χ0v) is 8.91. The second-order valence-corrected chi connectivity index (χ2v) is 6.71. The first-order valence-corrected chi connectivity index (χ1v) is 5.65. The topological polar surface area (TPSA) is 0 Å². The Kier molecular flexibility index (Phi) is 3.07. The van der Waals surface area contributed by atoms with Gasteiger partial charge in [0.1, 0.15) is 3.53 Å². The van der Waals surface area contributed by atoms with Crippen molar-refractivity contribution in [3.63, 3.8) is 0 Å². The van der Waals surface area contributed by atoms with Gasteiger partial charge in [0.2, 0.25) is 0 Å². The van der Waals surface area contributed by atoms with E-state index >= 15 is 0 Å². The lowest BCUT2D eigenvalue weighted by molar-refractivity contribution is 0.573. The summed E-state index contributed by atoms with van der Waals surface area (Å²) >= 11 is 8.83. The van der Waals surface area contributed by atoms with E-state index in [-0.39, 0.29) is 0 Å². The third-order valence-electron chi connectivity index (χ3n) is 2.05. The highest BCUT2D eigenvalue weighted by Gasteiger charge is 2.27. The minimum absolute atomic E-state index is 0.712. The molecule has 0 aromatic carbocycles. The van der Waals surface area contributed by atoms with Gasteiger partial charge in [0, 0.05) is 10.5 Å². The number of thioether (sulfide) groups is 2. The van der Waals surface area contributed by atoms with Gasteiger partial charge in [0.25, 0.3) is 0 Å². The van der Waals surface area contributed by atoms with Crippen LogP contribution in [0.4, 0.5) is 0 Å². The molecule has 0 nitrogen and oxygen atoms in total. The van der Waals surface area contributed by atoms with Crippen LogP contribution in [0.5, 0.6) is 0 Å². The molecule has 0 amide bonds. The third-order valence-corrected chi connectivity index (χ3v) is 5.19. The Labute approximate surface area is 76.5 Å². The van der Waals surface area contributed by atoms with Crippen LogP contribution in [0.25, 0.3) is 0 Å². The van der Waals surface area contributed by atoms with Crippen LogP contribution >= 0.6 is 35.7 Å². The summed E-state index contributed by atoms with van der Waals surface area (Å²) in [6.07, 6.45) is 0. The van der Waals surface area contributed by atoms with Gasteiger partial charge >= 0.3 is 0 Å². The van der Waals surface area contributed by atoms with Crippen molar-refractivity contribution in [2.45, 2.75) is 31.3 Å². The van der Waals surface area contributed by atoms with E-state index < -0.39 is 0 Å². The first-order valence-electron chi connectivity index (χ1n) is 3.48. The van der Waals surface area contributed by atoms with Crippen molar-refractivity contribution in [3.8, 4) is 0 Å². The van der Waals surface area contributed by atoms with Crippen LogP contribution in [-0.4, -0.2) is 14.0 Å². The maximum atomic E-state index is 5.14. The van der Waals surface area contributed by atoms with Gasteiger partial charge in [-0.05, 0) is 5.92 Å². The second-order valence-electron chi connectivity index (χ2n) is 2.76. The Hall–Kier alpha value is 0.790. The maximum absolute atomic E-state index is 5.14. The normalized spacial score (nSPS) is 41.9. The molecule has 10 heavy (non-hydrogen) atoms. The van der Waals surface area contributed by atoms with Crippen LogP contribution in [0.2, 0.25) is 0 Å². The molecular weight excluding hydrogens is 180 g/mol. The van der Waals surface area contributed by atoms with Crippen LogP contribution in [0.15, 0.2) is 0 Å². The number of hydrogen-bond acceptors (Lipinski definition) is 3. The molecule has 0 spiro atoms. The van der Waals surface area contributed by atoms with Gasteiger partial charge < -0.3 is 0 Å². The van der Waals surface area contributed by atoms with E-state index in [0.29, 0.717) is 10.5 Å². The smallest absolute Gasteiger partial charge is 0.104 e. The molecule has 1 saturated heterocycles. The van der Waals surface area contributed by atoms with E-state index in [1.807, 2.05) is 23.5 Å². The van der Waals surface area contributed by atoms with Crippen LogP contribution in [0, 0.1) is 5.92 Å². The molecule has 0 aromatic heterocycles. The minimum atomic E-state index is 0.712. The van der Waals surface area contributed by atoms with Crippen LogP contribution in [0.3, 0.4) is 0 Å². The van der Waals surface area contributed by atoms with E-state index in [1.54, 1.807) is 0 Å². The summed E-state index contributed by atoms with van der Waals surface area (Å²) in [5.74, 6) is 0.793. The molecule has 0 aromatic rings. The summed E-state index contributed by atoms with van der Waals surface area (Å²) < 4.78 is 1.12. The van der Waals surface area contributed by atoms with Crippen molar-refractivity contribution < 1.29 is 0 Å². The second kappa shape index (κ2) is 3.46. The van der Waals surface area contributed by atoms with Gasteiger partial charge in [0.05, 0.1) is 0 Å². The Balaban J connectivity index is 2.57. The lowest BCUT2D eigenvalue weighted by Crippen LogP contribution is -2.26. The molecule has 3 heteroatoms. The Bertz CT molecular complexity index is 130. The van der Waals surface area contributed by atoms with Gasteiger partial charge in [-0.3, -0.25) is 0 Å². The van der Waals surface area contributed by atoms with Gasteiger partial charge in [-0.15, -0.1) is 23.5 Å². The molecule has 1 aliphatic heterocycles.